The van der Waals surface area contributed by atoms with E-state index in [0.29, 0.717) is 19.4 Å². The number of nitrogens with one attached hydrogen (secondary N) is 2. The van der Waals surface area contributed by atoms with Crippen LogP contribution < -0.4 is 10.6 Å². The molecule has 1 aliphatic carbocycles. The van der Waals surface area contributed by atoms with Crippen molar-refractivity contribution in [2.24, 2.45) is 5.92 Å². The van der Waals surface area contributed by atoms with Crippen molar-refractivity contribution in [2.45, 2.75) is 38.3 Å². The van der Waals surface area contributed by atoms with E-state index in [1.807, 2.05) is 30.3 Å². The number of hydrogen-bond donors (Lipinski definition) is 3. The lowest BCUT2D eigenvalue weighted by Crippen LogP contribution is -2.41. The van der Waals surface area contributed by atoms with Crippen LogP contribution in [0.2, 0.25) is 0 Å². The molecular weight excluding hydrogens is 268 g/mol. The molecule has 0 aliphatic heterocycles. The highest BCUT2D eigenvalue weighted by Gasteiger charge is 2.25. The molecular formula is C16H22N2O3. The quantitative estimate of drug-likeness (QED) is 0.742. The Morgan fingerprint density at radius 3 is 2.38 bits per heavy atom. The Morgan fingerprint density at radius 1 is 1.10 bits per heavy atom. The van der Waals surface area contributed by atoms with Gasteiger partial charge >= 0.3 is 5.97 Å². The number of benzene rings is 1. The molecule has 5 heteroatoms. The summed E-state index contributed by atoms with van der Waals surface area (Å²) in [7, 11) is 0. The first-order chi connectivity index (χ1) is 10.1. The van der Waals surface area contributed by atoms with Gasteiger partial charge in [0.2, 0.25) is 5.91 Å². The predicted molar refractivity (Wildman–Crippen MR) is 79.7 cm³/mol. The van der Waals surface area contributed by atoms with Gasteiger partial charge in [-0.05, 0) is 31.2 Å². The number of carboxylic acids is 1. The number of hydrogen-bond acceptors (Lipinski definition) is 3. The lowest BCUT2D eigenvalue weighted by atomic mass is 9.86. The Balaban J connectivity index is 1.62. The minimum atomic E-state index is -0.700. The third-order valence-electron chi connectivity index (χ3n) is 3.96. The second-order valence-corrected chi connectivity index (χ2v) is 5.53. The zero-order chi connectivity index (χ0) is 15.1. The van der Waals surface area contributed by atoms with Gasteiger partial charge in [-0.15, -0.1) is 0 Å². The summed E-state index contributed by atoms with van der Waals surface area (Å²) in [6.07, 6.45) is 3.03. The highest BCUT2D eigenvalue weighted by atomic mass is 16.4. The molecule has 1 aromatic carbocycles. The summed E-state index contributed by atoms with van der Waals surface area (Å²) in [6.45, 7) is 0.822. The van der Waals surface area contributed by atoms with Gasteiger partial charge in [0.25, 0.3) is 0 Å². The molecule has 1 amide bonds. The summed E-state index contributed by atoms with van der Waals surface area (Å²) < 4.78 is 0. The average Bonchev–Trinajstić information content (AvgIpc) is 2.52. The van der Waals surface area contributed by atoms with E-state index in [1.54, 1.807) is 0 Å². The first-order valence-electron chi connectivity index (χ1n) is 7.42. The largest absolute Gasteiger partial charge is 0.481 e. The fraction of sp³-hybridized carbons (Fsp3) is 0.500. The van der Waals surface area contributed by atoms with E-state index in [1.165, 1.54) is 0 Å². The molecule has 1 saturated carbocycles. The van der Waals surface area contributed by atoms with Crippen molar-refractivity contribution in [3.05, 3.63) is 35.9 Å². The van der Waals surface area contributed by atoms with Gasteiger partial charge in [0.1, 0.15) is 0 Å². The summed E-state index contributed by atoms with van der Waals surface area (Å²) in [6, 6.07) is 10.0. The van der Waals surface area contributed by atoms with Gasteiger partial charge in [0.15, 0.2) is 0 Å². The zero-order valence-electron chi connectivity index (χ0n) is 12.0. The van der Waals surface area contributed by atoms with E-state index in [2.05, 4.69) is 10.6 Å². The monoisotopic (exact) mass is 290 g/mol. The Morgan fingerprint density at radius 2 is 1.76 bits per heavy atom. The fourth-order valence-corrected chi connectivity index (χ4v) is 2.64. The number of amides is 1. The molecule has 1 aromatic rings. The van der Waals surface area contributed by atoms with Crippen LogP contribution in [0.25, 0.3) is 0 Å². The molecule has 114 valence electrons. The molecule has 0 spiro atoms. The van der Waals surface area contributed by atoms with Gasteiger partial charge in [-0.25, -0.2) is 0 Å². The van der Waals surface area contributed by atoms with Crippen LogP contribution in [-0.4, -0.2) is 29.6 Å². The molecule has 0 unspecified atom stereocenters. The van der Waals surface area contributed by atoms with Gasteiger partial charge in [-0.3, -0.25) is 9.59 Å². The molecule has 2 rings (SSSR count). The first-order valence-corrected chi connectivity index (χ1v) is 7.42. The summed E-state index contributed by atoms with van der Waals surface area (Å²) in [4.78, 5) is 22.6. The molecule has 0 bridgehead atoms. The van der Waals surface area contributed by atoms with Crippen molar-refractivity contribution in [3.8, 4) is 0 Å². The second kappa shape index (κ2) is 7.78. The summed E-state index contributed by atoms with van der Waals surface area (Å²) in [5.41, 5.74) is 1.08. The van der Waals surface area contributed by atoms with Gasteiger partial charge < -0.3 is 15.7 Å². The number of carbonyl (C=O) groups is 2. The number of rotatable bonds is 6. The third-order valence-corrected chi connectivity index (χ3v) is 3.96. The van der Waals surface area contributed by atoms with Crippen molar-refractivity contribution in [3.63, 3.8) is 0 Å². The van der Waals surface area contributed by atoms with E-state index in [4.69, 9.17) is 5.11 Å². The van der Waals surface area contributed by atoms with Crippen LogP contribution in [-0.2, 0) is 16.1 Å². The highest BCUT2D eigenvalue weighted by Crippen LogP contribution is 2.24. The van der Waals surface area contributed by atoms with E-state index in [9.17, 15) is 9.59 Å². The molecule has 0 atom stereocenters. The van der Waals surface area contributed by atoms with Crippen LogP contribution in [0.4, 0.5) is 0 Å². The van der Waals surface area contributed by atoms with Gasteiger partial charge in [0, 0.05) is 12.6 Å². The van der Waals surface area contributed by atoms with E-state index in [0.717, 1.165) is 18.4 Å². The maximum absolute atomic E-state index is 11.8. The van der Waals surface area contributed by atoms with Crippen LogP contribution >= 0.6 is 0 Å². The van der Waals surface area contributed by atoms with Gasteiger partial charge in [-0.1, -0.05) is 30.3 Å². The number of aliphatic carboxylic acids is 1. The van der Waals surface area contributed by atoms with Gasteiger partial charge in [-0.2, -0.15) is 0 Å². The molecule has 3 N–H and O–H groups in total. The standard InChI is InChI=1S/C16H22N2O3/c19-15(18-10-12-4-2-1-3-5-12)11-17-14-8-6-13(7-9-14)16(20)21/h1-5,13-14,17H,6-11H2,(H,18,19)(H,20,21). The number of carboxylic acid groups (broad SMARTS) is 1. The molecule has 1 aliphatic rings. The SMILES string of the molecule is O=C(CNC1CCC(C(=O)O)CC1)NCc1ccccc1. The van der Waals surface area contributed by atoms with Crippen molar-refractivity contribution in [2.75, 3.05) is 6.54 Å². The van der Waals surface area contributed by atoms with E-state index >= 15 is 0 Å². The molecule has 0 heterocycles. The lowest BCUT2D eigenvalue weighted by molar-refractivity contribution is -0.143. The van der Waals surface area contributed by atoms with Crippen LogP contribution in [0, 0.1) is 5.92 Å². The number of carbonyl (C=O) groups excluding carboxylic acids is 1. The zero-order valence-corrected chi connectivity index (χ0v) is 12.0. The second-order valence-electron chi connectivity index (χ2n) is 5.53. The van der Waals surface area contributed by atoms with Crippen LogP contribution in [0.3, 0.4) is 0 Å². The van der Waals surface area contributed by atoms with Crippen molar-refractivity contribution < 1.29 is 14.7 Å². The molecule has 0 radical (unpaired) electrons. The third kappa shape index (κ3) is 5.19. The average molecular weight is 290 g/mol. The van der Waals surface area contributed by atoms with Crippen LogP contribution in [0.5, 0.6) is 0 Å². The Hall–Kier alpha value is -1.88. The minimum Gasteiger partial charge on any atom is -0.481 e. The Bertz CT molecular complexity index is 468. The van der Waals surface area contributed by atoms with Gasteiger partial charge in [0.05, 0.1) is 12.5 Å². The summed E-state index contributed by atoms with van der Waals surface area (Å²) in [5.74, 6) is -0.941. The van der Waals surface area contributed by atoms with Crippen LogP contribution in [0.1, 0.15) is 31.2 Å². The molecule has 1 fully saturated rings. The minimum absolute atomic E-state index is 0.0285. The summed E-state index contributed by atoms with van der Waals surface area (Å²) in [5, 5.41) is 15.0. The smallest absolute Gasteiger partial charge is 0.306 e. The molecule has 0 aromatic heterocycles. The van der Waals surface area contributed by atoms with Crippen molar-refractivity contribution in [1.82, 2.24) is 10.6 Å². The topological polar surface area (TPSA) is 78.4 Å². The maximum atomic E-state index is 11.8. The summed E-state index contributed by atoms with van der Waals surface area (Å²) >= 11 is 0. The Labute approximate surface area is 124 Å². The molecule has 5 nitrogen and oxygen atoms in total. The van der Waals surface area contributed by atoms with Crippen LogP contribution in [0.15, 0.2) is 30.3 Å². The fourth-order valence-electron chi connectivity index (χ4n) is 2.64. The van der Waals surface area contributed by atoms with E-state index < -0.39 is 5.97 Å². The van der Waals surface area contributed by atoms with E-state index in [-0.39, 0.29) is 24.4 Å². The van der Waals surface area contributed by atoms with Crippen molar-refractivity contribution >= 4 is 11.9 Å². The normalized spacial score (nSPS) is 21.7. The molecule has 21 heavy (non-hydrogen) atoms. The lowest BCUT2D eigenvalue weighted by Gasteiger charge is -2.26. The Kier molecular flexibility index (Phi) is 5.75. The van der Waals surface area contributed by atoms with Crippen molar-refractivity contribution in [1.29, 1.82) is 0 Å². The molecule has 0 saturated heterocycles. The maximum Gasteiger partial charge on any atom is 0.306 e. The highest BCUT2D eigenvalue weighted by molar-refractivity contribution is 5.78. The first kappa shape index (κ1) is 15.5. The predicted octanol–water partition coefficient (Wildman–Crippen LogP) is 1.54.